The van der Waals surface area contributed by atoms with Crippen molar-refractivity contribution in [3.05, 3.63) is 34.9 Å². The summed E-state index contributed by atoms with van der Waals surface area (Å²) in [4.78, 5) is 2.29. The van der Waals surface area contributed by atoms with Crippen LogP contribution in [0, 0.1) is 0 Å². The fourth-order valence-electron chi connectivity index (χ4n) is 1.77. The van der Waals surface area contributed by atoms with Crippen LogP contribution in [0.25, 0.3) is 0 Å². The number of ether oxygens (including phenoxy) is 1. The minimum atomic E-state index is 0.773. The third kappa shape index (κ3) is 6.36. The second-order valence-corrected chi connectivity index (χ2v) is 4.83. The molecule has 0 bridgehead atoms. The minimum Gasteiger partial charge on any atom is -0.383 e. The van der Waals surface area contributed by atoms with E-state index in [0.29, 0.717) is 0 Å². The lowest BCUT2D eigenvalue weighted by atomic mass is 10.2. The Bertz CT molecular complexity index is 333. The van der Waals surface area contributed by atoms with Crippen molar-refractivity contribution in [2.24, 2.45) is 0 Å². The van der Waals surface area contributed by atoms with Gasteiger partial charge in [-0.05, 0) is 38.2 Å². The molecule has 1 aromatic carbocycles. The van der Waals surface area contributed by atoms with Crippen LogP contribution in [0.2, 0.25) is 5.02 Å². The molecule has 102 valence electrons. The molecule has 0 aliphatic heterocycles. The Labute approximate surface area is 115 Å². The molecule has 1 N–H and O–H groups in total. The van der Waals surface area contributed by atoms with E-state index in [-0.39, 0.29) is 0 Å². The third-order valence-corrected chi connectivity index (χ3v) is 3.14. The minimum absolute atomic E-state index is 0.773. The Morgan fingerprint density at radius 1 is 1.28 bits per heavy atom. The van der Waals surface area contributed by atoms with Gasteiger partial charge < -0.3 is 15.0 Å². The third-order valence-electron chi connectivity index (χ3n) is 2.77. The normalized spacial score (nSPS) is 11.1. The van der Waals surface area contributed by atoms with E-state index in [1.54, 1.807) is 7.11 Å². The summed E-state index contributed by atoms with van der Waals surface area (Å²) in [5.74, 6) is 0. The molecule has 0 fully saturated rings. The first kappa shape index (κ1) is 15.4. The van der Waals surface area contributed by atoms with Gasteiger partial charge in [0.15, 0.2) is 0 Å². The quantitative estimate of drug-likeness (QED) is 0.698. The largest absolute Gasteiger partial charge is 0.383 e. The Balaban J connectivity index is 2.14. The summed E-state index contributed by atoms with van der Waals surface area (Å²) in [6, 6.07) is 8.01. The summed E-state index contributed by atoms with van der Waals surface area (Å²) < 4.78 is 4.97. The van der Waals surface area contributed by atoms with Gasteiger partial charge in [0, 0.05) is 25.2 Å². The fraction of sp³-hybridized carbons (Fsp3) is 0.571. The van der Waals surface area contributed by atoms with Crippen molar-refractivity contribution in [1.29, 1.82) is 0 Å². The van der Waals surface area contributed by atoms with Gasteiger partial charge in [-0.3, -0.25) is 0 Å². The average Bonchev–Trinajstić information content (AvgIpc) is 2.36. The molecule has 0 heterocycles. The molecular weight excluding hydrogens is 248 g/mol. The molecule has 3 nitrogen and oxygen atoms in total. The van der Waals surface area contributed by atoms with Gasteiger partial charge in [-0.15, -0.1) is 0 Å². The molecule has 0 saturated heterocycles. The second-order valence-electron chi connectivity index (χ2n) is 4.43. The number of benzene rings is 1. The van der Waals surface area contributed by atoms with E-state index in [1.165, 1.54) is 5.56 Å². The zero-order valence-corrected chi connectivity index (χ0v) is 12.0. The highest BCUT2D eigenvalue weighted by molar-refractivity contribution is 6.31. The van der Waals surface area contributed by atoms with Gasteiger partial charge in [-0.2, -0.15) is 0 Å². The molecule has 0 aromatic heterocycles. The van der Waals surface area contributed by atoms with E-state index < -0.39 is 0 Å². The fourth-order valence-corrected chi connectivity index (χ4v) is 1.97. The number of hydrogen-bond donors (Lipinski definition) is 1. The topological polar surface area (TPSA) is 24.5 Å². The number of nitrogens with zero attached hydrogens (tertiary/aromatic N) is 1. The summed E-state index contributed by atoms with van der Waals surface area (Å²) in [5, 5.41) is 4.19. The summed E-state index contributed by atoms with van der Waals surface area (Å²) >= 11 is 6.13. The number of methoxy groups -OCH3 is 1. The molecular formula is C14H23ClN2O. The summed E-state index contributed by atoms with van der Waals surface area (Å²) in [6.07, 6.45) is 1.13. The van der Waals surface area contributed by atoms with Crippen molar-refractivity contribution in [3.63, 3.8) is 0 Å². The van der Waals surface area contributed by atoms with Crippen molar-refractivity contribution in [3.8, 4) is 0 Å². The highest BCUT2D eigenvalue weighted by Crippen LogP contribution is 2.16. The molecule has 0 amide bonds. The van der Waals surface area contributed by atoms with Crippen molar-refractivity contribution in [2.75, 3.05) is 40.4 Å². The van der Waals surface area contributed by atoms with Crippen LogP contribution in [0.3, 0.4) is 0 Å². The van der Waals surface area contributed by atoms with Crippen LogP contribution in [0.5, 0.6) is 0 Å². The van der Waals surface area contributed by atoms with Gasteiger partial charge in [0.2, 0.25) is 0 Å². The first-order chi connectivity index (χ1) is 8.74. The predicted molar refractivity (Wildman–Crippen MR) is 77.1 cm³/mol. The lowest BCUT2D eigenvalue weighted by Crippen LogP contribution is -2.25. The predicted octanol–water partition coefficient (Wildman–Crippen LogP) is 2.40. The molecule has 0 aliphatic rings. The summed E-state index contributed by atoms with van der Waals surface area (Å²) in [6.45, 7) is 4.68. The van der Waals surface area contributed by atoms with Crippen LogP contribution >= 0.6 is 11.6 Å². The standard InChI is InChI=1S/C14H23ClN2O/c1-17(10-5-8-16-9-11-18-2)12-13-6-3-4-7-14(13)15/h3-4,6-7,16H,5,8-12H2,1-2H3. The van der Waals surface area contributed by atoms with E-state index in [9.17, 15) is 0 Å². The number of hydrogen-bond acceptors (Lipinski definition) is 3. The number of halogens is 1. The van der Waals surface area contributed by atoms with Gasteiger partial charge in [0.25, 0.3) is 0 Å². The monoisotopic (exact) mass is 270 g/mol. The van der Waals surface area contributed by atoms with Gasteiger partial charge in [0.1, 0.15) is 0 Å². The van der Waals surface area contributed by atoms with Crippen molar-refractivity contribution >= 4 is 11.6 Å². The Morgan fingerprint density at radius 3 is 2.78 bits per heavy atom. The maximum atomic E-state index is 6.13. The van der Waals surface area contributed by atoms with Crippen LogP contribution in [-0.2, 0) is 11.3 Å². The van der Waals surface area contributed by atoms with E-state index >= 15 is 0 Å². The molecule has 0 spiro atoms. The Hall–Kier alpha value is -0.610. The first-order valence-corrected chi connectivity index (χ1v) is 6.73. The summed E-state index contributed by atoms with van der Waals surface area (Å²) in [5.41, 5.74) is 1.19. The molecule has 4 heteroatoms. The SMILES string of the molecule is COCCNCCCN(C)Cc1ccccc1Cl. The maximum absolute atomic E-state index is 6.13. The first-order valence-electron chi connectivity index (χ1n) is 6.35. The molecule has 0 radical (unpaired) electrons. The van der Waals surface area contributed by atoms with Gasteiger partial charge >= 0.3 is 0 Å². The maximum Gasteiger partial charge on any atom is 0.0587 e. The molecule has 1 rings (SSSR count). The van der Waals surface area contributed by atoms with Crippen molar-refractivity contribution < 1.29 is 4.74 Å². The van der Waals surface area contributed by atoms with Gasteiger partial charge in [0.05, 0.1) is 6.61 Å². The summed E-state index contributed by atoms with van der Waals surface area (Å²) in [7, 11) is 3.84. The van der Waals surface area contributed by atoms with Crippen LogP contribution < -0.4 is 5.32 Å². The van der Waals surface area contributed by atoms with E-state index in [2.05, 4.69) is 23.3 Å². The van der Waals surface area contributed by atoms with Gasteiger partial charge in [-0.25, -0.2) is 0 Å². The smallest absolute Gasteiger partial charge is 0.0587 e. The molecule has 0 aliphatic carbocycles. The van der Waals surface area contributed by atoms with Crippen LogP contribution in [0.1, 0.15) is 12.0 Å². The molecule has 0 atom stereocenters. The van der Waals surface area contributed by atoms with Crippen molar-refractivity contribution in [2.45, 2.75) is 13.0 Å². The Morgan fingerprint density at radius 2 is 2.06 bits per heavy atom. The lowest BCUT2D eigenvalue weighted by molar-refractivity contribution is 0.198. The number of nitrogens with one attached hydrogen (secondary N) is 1. The molecule has 18 heavy (non-hydrogen) atoms. The number of rotatable bonds is 9. The van der Waals surface area contributed by atoms with Gasteiger partial charge in [-0.1, -0.05) is 29.8 Å². The second kappa shape index (κ2) is 9.34. The van der Waals surface area contributed by atoms with Crippen LogP contribution in [0.4, 0.5) is 0 Å². The van der Waals surface area contributed by atoms with E-state index in [4.69, 9.17) is 16.3 Å². The van der Waals surface area contributed by atoms with Crippen LogP contribution in [-0.4, -0.2) is 45.3 Å². The zero-order chi connectivity index (χ0) is 13.2. The molecule has 1 aromatic rings. The van der Waals surface area contributed by atoms with E-state index in [1.807, 2.05) is 18.2 Å². The highest BCUT2D eigenvalue weighted by Gasteiger charge is 2.03. The highest BCUT2D eigenvalue weighted by atomic mass is 35.5. The molecule has 0 unspecified atom stereocenters. The molecule has 0 saturated carbocycles. The zero-order valence-electron chi connectivity index (χ0n) is 11.3. The van der Waals surface area contributed by atoms with E-state index in [0.717, 1.165) is 44.2 Å². The average molecular weight is 271 g/mol. The van der Waals surface area contributed by atoms with Crippen molar-refractivity contribution in [1.82, 2.24) is 10.2 Å². The Kier molecular flexibility index (Phi) is 8.01. The lowest BCUT2D eigenvalue weighted by Gasteiger charge is -2.17. The van der Waals surface area contributed by atoms with Crippen LogP contribution in [0.15, 0.2) is 24.3 Å².